The van der Waals surface area contributed by atoms with E-state index in [4.69, 9.17) is 0 Å². The fourth-order valence-electron chi connectivity index (χ4n) is 2.38. The van der Waals surface area contributed by atoms with Crippen LogP contribution >= 0.6 is 0 Å². The lowest BCUT2D eigenvalue weighted by Gasteiger charge is -2.16. The summed E-state index contributed by atoms with van der Waals surface area (Å²) in [6.45, 7) is 0. The van der Waals surface area contributed by atoms with Crippen molar-refractivity contribution in [2.75, 3.05) is 10.2 Å². The zero-order valence-electron chi connectivity index (χ0n) is 11.4. The number of hydrogen-bond acceptors (Lipinski definition) is 3. The van der Waals surface area contributed by atoms with Crippen molar-refractivity contribution < 1.29 is 18.4 Å². The molecule has 1 heterocycles. The van der Waals surface area contributed by atoms with Gasteiger partial charge in [-0.05, 0) is 42.5 Å². The van der Waals surface area contributed by atoms with Crippen LogP contribution in [0.25, 0.3) is 0 Å². The lowest BCUT2D eigenvalue weighted by Crippen LogP contribution is -2.34. The quantitative estimate of drug-likeness (QED) is 0.887. The van der Waals surface area contributed by atoms with Crippen molar-refractivity contribution in [1.82, 2.24) is 0 Å². The third-order valence-corrected chi connectivity index (χ3v) is 3.40. The van der Waals surface area contributed by atoms with Gasteiger partial charge >= 0.3 is 0 Å². The van der Waals surface area contributed by atoms with Gasteiger partial charge in [-0.15, -0.1) is 0 Å². The van der Waals surface area contributed by atoms with Gasteiger partial charge in [0.15, 0.2) is 0 Å². The number of imide groups is 1. The number of benzene rings is 2. The number of amides is 2. The van der Waals surface area contributed by atoms with Gasteiger partial charge in [0, 0.05) is 5.69 Å². The number of hydrogen-bond donors (Lipinski definition) is 1. The molecule has 3 rings (SSSR count). The van der Waals surface area contributed by atoms with Gasteiger partial charge < -0.3 is 5.32 Å². The summed E-state index contributed by atoms with van der Waals surface area (Å²) in [5.41, 5.74) is 0.743. The molecule has 1 fully saturated rings. The van der Waals surface area contributed by atoms with Crippen molar-refractivity contribution in [2.45, 2.75) is 12.5 Å². The Bertz CT molecular complexity index is 731. The van der Waals surface area contributed by atoms with Crippen LogP contribution in [-0.2, 0) is 9.59 Å². The summed E-state index contributed by atoms with van der Waals surface area (Å²) in [7, 11) is 0. The van der Waals surface area contributed by atoms with Crippen LogP contribution in [-0.4, -0.2) is 17.9 Å². The third kappa shape index (κ3) is 2.67. The van der Waals surface area contributed by atoms with Crippen LogP contribution < -0.4 is 10.2 Å². The zero-order valence-corrected chi connectivity index (χ0v) is 11.4. The number of nitrogens with zero attached hydrogens (tertiary/aromatic N) is 1. The molecule has 112 valence electrons. The zero-order chi connectivity index (χ0) is 15.7. The van der Waals surface area contributed by atoms with Gasteiger partial charge in [-0.3, -0.25) is 9.59 Å². The van der Waals surface area contributed by atoms with Crippen molar-refractivity contribution in [1.29, 1.82) is 0 Å². The summed E-state index contributed by atoms with van der Waals surface area (Å²) in [5.74, 6) is -1.77. The number of rotatable bonds is 3. The SMILES string of the molecule is O=C1C[C@H](Nc2ccc(F)cc2)C(=O)N1c1cccc(F)c1. The van der Waals surface area contributed by atoms with Gasteiger partial charge in [0.25, 0.3) is 5.91 Å². The first kappa shape index (κ1) is 14.2. The van der Waals surface area contributed by atoms with E-state index in [1.165, 1.54) is 42.5 Å². The van der Waals surface area contributed by atoms with E-state index in [0.29, 0.717) is 5.69 Å². The van der Waals surface area contributed by atoms with E-state index in [9.17, 15) is 18.4 Å². The maximum absolute atomic E-state index is 13.3. The number of carbonyl (C=O) groups is 2. The molecule has 4 nitrogen and oxygen atoms in total. The predicted molar refractivity (Wildman–Crippen MR) is 77.3 cm³/mol. The Morgan fingerprint density at radius 1 is 1.00 bits per heavy atom. The molecule has 2 aromatic carbocycles. The molecule has 22 heavy (non-hydrogen) atoms. The van der Waals surface area contributed by atoms with Crippen molar-refractivity contribution in [2.24, 2.45) is 0 Å². The van der Waals surface area contributed by atoms with Crippen molar-refractivity contribution in [3.63, 3.8) is 0 Å². The molecule has 0 unspecified atom stereocenters. The lowest BCUT2D eigenvalue weighted by atomic mass is 10.2. The van der Waals surface area contributed by atoms with Gasteiger partial charge in [0.2, 0.25) is 5.91 Å². The number of nitrogens with one attached hydrogen (secondary N) is 1. The lowest BCUT2D eigenvalue weighted by molar-refractivity contribution is -0.121. The van der Waals surface area contributed by atoms with E-state index < -0.39 is 23.7 Å². The first-order chi connectivity index (χ1) is 10.5. The maximum atomic E-state index is 13.3. The van der Waals surface area contributed by atoms with E-state index in [1.54, 1.807) is 0 Å². The summed E-state index contributed by atoms with van der Waals surface area (Å²) in [6.07, 6.45) is -0.0350. The van der Waals surface area contributed by atoms with Crippen LogP contribution in [0.1, 0.15) is 6.42 Å². The second-order valence-electron chi connectivity index (χ2n) is 4.96. The molecule has 1 saturated heterocycles. The highest BCUT2D eigenvalue weighted by Gasteiger charge is 2.39. The molecule has 0 aliphatic carbocycles. The Morgan fingerprint density at radius 2 is 1.73 bits per heavy atom. The molecule has 2 amide bonds. The normalized spacial score (nSPS) is 17.9. The molecule has 1 aliphatic heterocycles. The molecule has 0 bridgehead atoms. The van der Waals surface area contributed by atoms with E-state index in [2.05, 4.69) is 5.32 Å². The Labute approximate surface area is 125 Å². The van der Waals surface area contributed by atoms with Gasteiger partial charge in [-0.2, -0.15) is 0 Å². The monoisotopic (exact) mass is 302 g/mol. The molecule has 2 aromatic rings. The van der Waals surface area contributed by atoms with E-state index in [1.807, 2.05) is 0 Å². The molecular formula is C16H12F2N2O2. The molecular weight excluding hydrogens is 290 g/mol. The van der Waals surface area contributed by atoms with Gasteiger partial charge in [-0.25, -0.2) is 13.7 Å². The second kappa shape index (κ2) is 5.55. The molecule has 1 N–H and O–H groups in total. The maximum Gasteiger partial charge on any atom is 0.256 e. The highest BCUT2D eigenvalue weighted by Crippen LogP contribution is 2.25. The van der Waals surface area contributed by atoms with Gasteiger partial charge in [-0.1, -0.05) is 6.07 Å². The third-order valence-electron chi connectivity index (χ3n) is 3.40. The standard InChI is InChI=1S/C16H12F2N2O2/c17-10-4-6-12(7-5-10)19-14-9-15(21)20(16(14)22)13-3-1-2-11(18)8-13/h1-8,14,19H,9H2/t14-/m0/s1. The van der Waals surface area contributed by atoms with Crippen molar-refractivity contribution >= 4 is 23.2 Å². The Hall–Kier alpha value is -2.76. The van der Waals surface area contributed by atoms with Crippen LogP contribution in [0.2, 0.25) is 0 Å². The van der Waals surface area contributed by atoms with Gasteiger partial charge in [0.05, 0.1) is 12.1 Å². The minimum atomic E-state index is -0.749. The Morgan fingerprint density at radius 3 is 2.41 bits per heavy atom. The number of halogens is 2. The molecule has 0 spiro atoms. The Balaban J connectivity index is 1.81. The summed E-state index contributed by atoms with van der Waals surface area (Å²) in [6, 6.07) is 10.0. The van der Waals surface area contributed by atoms with E-state index >= 15 is 0 Å². The highest BCUT2D eigenvalue weighted by molar-refractivity contribution is 6.23. The topological polar surface area (TPSA) is 49.4 Å². The average molecular weight is 302 g/mol. The van der Waals surface area contributed by atoms with Crippen LogP contribution in [0.15, 0.2) is 48.5 Å². The van der Waals surface area contributed by atoms with Crippen LogP contribution in [0, 0.1) is 11.6 Å². The Kier molecular flexibility index (Phi) is 3.58. The summed E-state index contributed by atoms with van der Waals surface area (Å²) in [4.78, 5) is 25.3. The average Bonchev–Trinajstić information content (AvgIpc) is 2.76. The summed E-state index contributed by atoms with van der Waals surface area (Å²) in [5, 5.41) is 2.89. The minimum absolute atomic E-state index is 0.0350. The first-order valence-corrected chi connectivity index (χ1v) is 6.69. The molecule has 0 radical (unpaired) electrons. The second-order valence-corrected chi connectivity index (χ2v) is 4.96. The summed E-state index contributed by atoms with van der Waals surface area (Å²) >= 11 is 0. The smallest absolute Gasteiger partial charge is 0.256 e. The van der Waals surface area contributed by atoms with E-state index in [-0.39, 0.29) is 17.9 Å². The fraction of sp³-hybridized carbons (Fsp3) is 0.125. The molecule has 1 atom stereocenters. The fourth-order valence-corrected chi connectivity index (χ4v) is 2.38. The van der Waals surface area contributed by atoms with Crippen molar-refractivity contribution in [3.05, 3.63) is 60.2 Å². The molecule has 0 saturated carbocycles. The molecule has 6 heteroatoms. The number of anilines is 2. The molecule has 0 aromatic heterocycles. The first-order valence-electron chi connectivity index (χ1n) is 6.69. The minimum Gasteiger partial charge on any atom is -0.373 e. The largest absolute Gasteiger partial charge is 0.373 e. The van der Waals surface area contributed by atoms with Gasteiger partial charge in [0.1, 0.15) is 17.7 Å². The van der Waals surface area contributed by atoms with Crippen LogP contribution in [0.5, 0.6) is 0 Å². The summed E-state index contributed by atoms with van der Waals surface area (Å²) < 4.78 is 26.1. The van der Waals surface area contributed by atoms with Crippen LogP contribution in [0.4, 0.5) is 20.2 Å². The molecule has 1 aliphatic rings. The van der Waals surface area contributed by atoms with E-state index in [0.717, 1.165) is 11.0 Å². The number of carbonyl (C=O) groups excluding carboxylic acids is 2. The van der Waals surface area contributed by atoms with Crippen LogP contribution in [0.3, 0.4) is 0 Å². The predicted octanol–water partition coefficient (Wildman–Crippen LogP) is 2.71. The highest BCUT2D eigenvalue weighted by atomic mass is 19.1. The van der Waals surface area contributed by atoms with Crippen molar-refractivity contribution in [3.8, 4) is 0 Å².